The van der Waals surface area contributed by atoms with Gasteiger partial charge in [0.25, 0.3) is 0 Å². The Morgan fingerprint density at radius 1 is 0.821 bits per heavy atom. The van der Waals surface area contributed by atoms with Crippen LogP contribution in [-0.4, -0.2) is 24.3 Å². The highest BCUT2D eigenvalue weighted by molar-refractivity contribution is 6.13. The van der Waals surface area contributed by atoms with Crippen LogP contribution >= 0.6 is 0 Å². The van der Waals surface area contributed by atoms with Gasteiger partial charge in [0.15, 0.2) is 5.54 Å². The van der Waals surface area contributed by atoms with Gasteiger partial charge in [-0.1, -0.05) is 97.9 Å². The van der Waals surface area contributed by atoms with E-state index in [2.05, 4.69) is 0 Å². The predicted molar refractivity (Wildman–Crippen MR) is 114 cm³/mol. The largest absolute Gasteiger partial charge is 0.467 e. The molecule has 3 rings (SSSR count). The molecule has 0 fully saturated rings. The molecule has 2 atom stereocenters. The number of ether oxygens (including phenoxy) is 1. The summed E-state index contributed by atoms with van der Waals surface area (Å²) >= 11 is 0. The first kappa shape index (κ1) is 19.6. The fraction of sp³-hybridized carbons (Fsp3) is 0.200. The number of esters is 1. The lowest BCUT2D eigenvalue weighted by Gasteiger charge is -2.31. The molecule has 0 saturated heterocycles. The molecule has 0 heterocycles. The smallest absolute Gasteiger partial charge is 0.334 e. The molecule has 0 saturated carbocycles. The quantitative estimate of drug-likeness (QED) is 0.438. The predicted octanol–water partition coefficient (Wildman–Crippen LogP) is 5.26. The SMILES string of the molecule is COC(=O)C(C)(N=C(c1ccccc1)c1ccccc1)C(C)c1ccccc1. The molecule has 2 unspecified atom stereocenters. The molecule has 0 aromatic heterocycles. The number of hydrogen-bond acceptors (Lipinski definition) is 3. The average molecular weight is 371 g/mol. The normalized spacial score (nSPS) is 13.8. The van der Waals surface area contributed by atoms with Crippen LogP contribution in [0, 0.1) is 0 Å². The summed E-state index contributed by atoms with van der Waals surface area (Å²) in [7, 11) is 1.42. The third kappa shape index (κ3) is 4.04. The van der Waals surface area contributed by atoms with Gasteiger partial charge in [-0.25, -0.2) is 4.79 Å². The minimum Gasteiger partial charge on any atom is -0.467 e. The van der Waals surface area contributed by atoms with Gasteiger partial charge in [0.2, 0.25) is 0 Å². The zero-order chi connectivity index (χ0) is 20.0. The maximum atomic E-state index is 12.9. The topological polar surface area (TPSA) is 38.7 Å². The van der Waals surface area contributed by atoms with E-state index in [4.69, 9.17) is 9.73 Å². The van der Waals surface area contributed by atoms with E-state index in [1.807, 2.05) is 105 Å². The van der Waals surface area contributed by atoms with Crippen LogP contribution in [-0.2, 0) is 9.53 Å². The summed E-state index contributed by atoms with van der Waals surface area (Å²) < 4.78 is 5.18. The Labute approximate surface area is 166 Å². The molecule has 0 aliphatic heterocycles. The molecule has 0 spiro atoms. The highest BCUT2D eigenvalue weighted by Crippen LogP contribution is 2.34. The zero-order valence-electron chi connectivity index (χ0n) is 16.5. The summed E-state index contributed by atoms with van der Waals surface area (Å²) in [4.78, 5) is 18.0. The van der Waals surface area contributed by atoms with Gasteiger partial charge in [-0.2, -0.15) is 0 Å². The Balaban J connectivity index is 2.19. The number of carbonyl (C=O) groups is 1. The molecular weight excluding hydrogens is 346 g/mol. The Kier molecular flexibility index (Phi) is 6.05. The van der Waals surface area contributed by atoms with Crippen LogP contribution in [0.5, 0.6) is 0 Å². The second-order valence-corrected chi connectivity index (χ2v) is 6.96. The lowest BCUT2D eigenvalue weighted by atomic mass is 9.81. The van der Waals surface area contributed by atoms with E-state index in [1.165, 1.54) is 7.11 Å². The molecule has 3 aromatic rings. The van der Waals surface area contributed by atoms with Crippen LogP contribution in [0.25, 0.3) is 0 Å². The van der Waals surface area contributed by atoms with Gasteiger partial charge in [-0.05, 0) is 12.5 Å². The lowest BCUT2D eigenvalue weighted by molar-refractivity contribution is -0.147. The maximum Gasteiger partial charge on any atom is 0.334 e. The number of benzene rings is 3. The van der Waals surface area contributed by atoms with Crippen molar-refractivity contribution in [3.63, 3.8) is 0 Å². The number of hydrogen-bond donors (Lipinski definition) is 0. The van der Waals surface area contributed by atoms with E-state index in [-0.39, 0.29) is 11.9 Å². The van der Waals surface area contributed by atoms with Gasteiger partial charge in [-0.15, -0.1) is 0 Å². The van der Waals surface area contributed by atoms with E-state index < -0.39 is 5.54 Å². The van der Waals surface area contributed by atoms with Gasteiger partial charge in [0, 0.05) is 17.0 Å². The first-order valence-electron chi connectivity index (χ1n) is 9.40. The minimum atomic E-state index is -1.07. The summed E-state index contributed by atoms with van der Waals surface area (Å²) in [5.74, 6) is -0.517. The molecule has 0 bridgehead atoms. The number of carbonyl (C=O) groups excluding carboxylic acids is 1. The van der Waals surface area contributed by atoms with Crippen molar-refractivity contribution < 1.29 is 9.53 Å². The highest BCUT2D eigenvalue weighted by atomic mass is 16.5. The zero-order valence-corrected chi connectivity index (χ0v) is 16.5. The molecule has 0 amide bonds. The molecular formula is C25H25NO2. The molecule has 0 aliphatic carbocycles. The van der Waals surface area contributed by atoms with Crippen molar-refractivity contribution in [2.24, 2.45) is 4.99 Å². The maximum absolute atomic E-state index is 12.9. The number of rotatable bonds is 6. The Hall–Kier alpha value is -3.20. The van der Waals surface area contributed by atoms with Crippen molar-refractivity contribution in [3.05, 3.63) is 108 Å². The second kappa shape index (κ2) is 8.66. The van der Waals surface area contributed by atoms with Crippen LogP contribution in [0.2, 0.25) is 0 Å². The molecule has 3 aromatic carbocycles. The van der Waals surface area contributed by atoms with Gasteiger partial charge in [0.1, 0.15) is 0 Å². The van der Waals surface area contributed by atoms with E-state index in [0.29, 0.717) is 0 Å². The van der Waals surface area contributed by atoms with Crippen molar-refractivity contribution in [2.45, 2.75) is 25.3 Å². The van der Waals surface area contributed by atoms with Gasteiger partial charge < -0.3 is 4.74 Å². The van der Waals surface area contributed by atoms with Crippen molar-refractivity contribution >= 4 is 11.7 Å². The number of nitrogens with zero attached hydrogens (tertiary/aromatic N) is 1. The first-order chi connectivity index (χ1) is 13.6. The lowest BCUT2D eigenvalue weighted by Crippen LogP contribution is -2.41. The summed E-state index contributed by atoms with van der Waals surface area (Å²) in [6.07, 6.45) is 0. The van der Waals surface area contributed by atoms with Gasteiger partial charge in [-0.3, -0.25) is 4.99 Å². The van der Waals surface area contributed by atoms with Crippen LogP contribution < -0.4 is 0 Å². The molecule has 0 N–H and O–H groups in total. The van der Waals surface area contributed by atoms with Crippen molar-refractivity contribution in [1.82, 2.24) is 0 Å². The van der Waals surface area contributed by atoms with E-state index in [9.17, 15) is 4.79 Å². The first-order valence-corrected chi connectivity index (χ1v) is 9.40. The van der Waals surface area contributed by atoms with E-state index in [0.717, 1.165) is 22.4 Å². The van der Waals surface area contributed by atoms with Crippen LogP contribution in [0.4, 0.5) is 0 Å². The summed E-state index contributed by atoms with van der Waals surface area (Å²) in [6.45, 7) is 3.87. The van der Waals surface area contributed by atoms with Crippen LogP contribution in [0.1, 0.15) is 36.5 Å². The average Bonchev–Trinajstić information content (AvgIpc) is 2.78. The van der Waals surface area contributed by atoms with Crippen LogP contribution in [0.3, 0.4) is 0 Å². The fourth-order valence-electron chi connectivity index (χ4n) is 3.31. The second-order valence-electron chi connectivity index (χ2n) is 6.96. The van der Waals surface area contributed by atoms with Crippen molar-refractivity contribution in [2.75, 3.05) is 7.11 Å². The Bertz CT molecular complexity index is 895. The summed E-state index contributed by atoms with van der Waals surface area (Å²) in [6, 6.07) is 29.8. The molecule has 3 heteroatoms. The third-order valence-corrected chi connectivity index (χ3v) is 5.18. The molecule has 0 aliphatic rings. The minimum absolute atomic E-state index is 0.163. The fourth-order valence-corrected chi connectivity index (χ4v) is 3.31. The van der Waals surface area contributed by atoms with Crippen molar-refractivity contribution in [1.29, 1.82) is 0 Å². The third-order valence-electron chi connectivity index (χ3n) is 5.18. The molecule has 3 nitrogen and oxygen atoms in total. The molecule has 28 heavy (non-hydrogen) atoms. The van der Waals surface area contributed by atoms with E-state index in [1.54, 1.807) is 0 Å². The van der Waals surface area contributed by atoms with Gasteiger partial charge in [0.05, 0.1) is 12.8 Å². The summed E-state index contributed by atoms with van der Waals surface area (Å²) in [5.41, 5.74) is 2.67. The summed E-state index contributed by atoms with van der Waals surface area (Å²) in [5, 5.41) is 0. The van der Waals surface area contributed by atoms with E-state index >= 15 is 0 Å². The Morgan fingerprint density at radius 2 is 1.25 bits per heavy atom. The van der Waals surface area contributed by atoms with Crippen LogP contribution in [0.15, 0.2) is 96.0 Å². The molecule has 0 radical (unpaired) electrons. The number of methoxy groups -OCH3 is 1. The standard InChI is InChI=1S/C25H25NO2/c1-19(20-13-7-4-8-14-20)25(2,24(27)28-3)26-23(21-15-9-5-10-16-21)22-17-11-6-12-18-22/h4-19H,1-3H3. The highest BCUT2D eigenvalue weighted by Gasteiger charge is 2.41. The monoisotopic (exact) mass is 371 g/mol. The Morgan fingerprint density at radius 3 is 1.68 bits per heavy atom. The molecule has 142 valence electrons. The number of aliphatic imine (C=N–C) groups is 1. The van der Waals surface area contributed by atoms with Gasteiger partial charge >= 0.3 is 5.97 Å². The van der Waals surface area contributed by atoms with Crippen molar-refractivity contribution in [3.8, 4) is 0 Å².